The third kappa shape index (κ3) is 1.91. The Morgan fingerprint density at radius 2 is 2.33 bits per heavy atom. The maximum Gasteiger partial charge on any atom is 0.314 e. The number of nitrogens with zero attached hydrogens (tertiary/aromatic N) is 1. The first-order chi connectivity index (χ1) is 4.20. The molecule has 0 unspecified atom stereocenters. The van der Waals surface area contributed by atoms with Gasteiger partial charge in [-0.05, 0) is 18.8 Å². The second-order valence-corrected chi connectivity index (χ2v) is 2.66. The summed E-state index contributed by atoms with van der Waals surface area (Å²) in [6.07, 6.45) is 2.52. The molecule has 0 bridgehead atoms. The number of carbonyl (C=O) groups excluding carboxylic acids is 1. The fraction of sp³-hybridized carbons (Fsp3) is 0.833. The van der Waals surface area contributed by atoms with Crippen LogP contribution in [0.15, 0.2) is 0 Å². The van der Waals surface area contributed by atoms with Gasteiger partial charge in [-0.1, -0.05) is 0 Å². The SMILES string of the molecule is CN(CC1CC1)C(N)=O. The molecule has 1 aliphatic carbocycles. The number of nitrogens with two attached hydrogens (primary N) is 1. The fourth-order valence-corrected chi connectivity index (χ4v) is 0.778. The molecule has 3 nitrogen and oxygen atoms in total. The van der Waals surface area contributed by atoms with Gasteiger partial charge >= 0.3 is 6.03 Å². The standard InChI is InChI=1S/C6H12N2O/c1-8(6(7)9)4-5-2-3-5/h5H,2-4H2,1H3,(H2,7,9). The summed E-state index contributed by atoms with van der Waals surface area (Å²) in [5.74, 6) is 0.738. The largest absolute Gasteiger partial charge is 0.351 e. The van der Waals surface area contributed by atoms with Crippen LogP contribution in [0.1, 0.15) is 12.8 Å². The van der Waals surface area contributed by atoms with Crippen LogP contribution in [0, 0.1) is 5.92 Å². The van der Waals surface area contributed by atoms with E-state index in [0.717, 1.165) is 12.5 Å². The maximum atomic E-state index is 10.4. The number of amides is 2. The molecule has 52 valence electrons. The predicted molar refractivity (Wildman–Crippen MR) is 34.9 cm³/mol. The number of primary amides is 1. The van der Waals surface area contributed by atoms with Crippen LogP contribution in [0.3, 0.4) is 0 Å². The molecular formula is C6H12N2O. The predicted octanol–water partition coefficient (Wildman–Crippen LogP) is 0.407. The lowest BCUT2D eigenvalue weighted by atomic mass is 10.4. The highest BCUT2D eigenvalue weighted by Crippen LogP contribution is 2.29. The van der Waals surface area contributed by atoms with Crippen LogP contribution in [0.2, 0.25) is 0 Å². The van der Waals surface area contributed by atoms with Crippen molar-refractivity contribution in [3.63, 3.8) is 0 Å². The summed E-state index contributed by atoms with van der Waals surface area (Å²) >= 11 is 0. The van der Waals surface area contributed by atoms with Gasteiger partial charge in [0.25, 0.3) is 0 Å². The third-order valence-electron chi connectivity index (χ3n) is 1.61. The Kier molecular flexibility index (Phi) is 1.60. The number of hydrogen-bond acceptors (Lipinski definition) is 1. The molecule has 1 saturated carbocycles. The lowest BCUT2D eigenvalue weighted by Gasteiger charge is -2.11. The molecule has 1 aliphatic rings. The van der Waals surface area contributed by atoms with Gasteiger partial charge in [0.2, 0.25) is 0 Å². The first-order valence-electron chi connectivity index (χ1n) is 3.20. The molecular weight excluding hydrogens is 116 g/mol. The summed E-state index contributed by atoms with van der Waals surface area (Å²) in [4.78, 5) is 12.0. The van der Waals surface area contributed by atoms with Crippen molar-refractivity contribution in [2.45, 2.75) is 12.8 Å². The van der Waals surface area contributed by atoms with Gasteiger partial charge < -0.3 is 10.6 Å². The minimum atomic E-state index is -0.318. The number of rotatable bonds is 2. The lowest BCUT2D eigenvalue weighted by molar-refractivity contribution is 0.216. The van der Waals surface area contributed by atoms with Crippen molar-refractivity contribution in [1.82, 2.24) is 4.90 Å². The number of hydrogen-bond donors (Lipinski definition) is 1. The fourth-order valence-electron chi connectivity index (χ4n) is 0.778. The molecule has 0 aromatic heterocycles. The summed E-state index contributed by atoms with van der Waals surface area (Å²) in [6, 6.07) is -0.318. The van der Waals surface area contributed by atoms with Crippen molar-refractivity contribution >= 4 is 6.03 Å². The van der Waals surface area contributed by atoms with E-state index in [4.69, 9.17) is 5.73 Å². The van der Waals surface area contributed by atoms with E-state index in [0.29, 0.717) is 0 Å². The molecule has 1 fully saturated rings. The first kappa shape index (κ1) is 6.39. The van der Waals surface area contributed by atoms with Gasteiger partial charge in [0.05, 0.1) is 0 Å². The highest BCUT2D eigenvalue weighted by molar-refractivity contribution is 5.71. The second-order valence-electron chi connectivity index (χ2n) is 2.66. The lowest BCUT2D eigenvalue weighted by Crippen LogP contribution is -2.33. The van der Waals surface area contributed by atoms with Gasteiger partial charge in [-0.2, -0.15) is 0 Å². The van der Waals surface area contributed by atoms with E-state index in [1.54, 1.807) is 11.9 Å². The van der Waals surface area contributed by atoms with Crippen LogP contribution >= 0.6 is 0 Å². The van der Waals surface area contributed by atoms with E-state index in [2.05, 4.69) is 0 Å². The van der Waals surface area contributed by atoms with Crippen LogP contribution in [-0.2, 0) is 0 Å². The normalized spacial score (nSPS) is 17.4. The molecule has 3 heteroatoms. The molecule has 0 saturated heterocycles. The van der Waals surface area contributed by atoms with Crippen molar-refractivity contribution in [3.05, 3.63) is 0 Å². The molecule has 1 rings (SSSR count). The minimum absolute atomic E-state index is 0.318. The highest BCUT2D eigenvalue weighted by atomic mass is 16.2. The van der Waals surface area contributed by atoms with Crippen molar-refractivity contribution in [1.29, 1.82) is 0 Å². The van der Waals surface area contributed by atoms with Crippen LogP contribution in [0.5, 0.6) is 0 Å². The summed E-state index contributed by atoms with van der Waals surface area (Å²) < 4.78 is 0. The Labute approximate surface area is 54.8 Å². The topological polar surface area (TPSA) is 46.3 Å². The third-order valence-corrected chi connectivity index (χ3v) is 1.61. The molecule has 2 amide bonds. The molecule has 0 aromatic carbocycles. The van der Waals surface area contributed by atoms with Crippen molar-refractivity contribution in [3.8, 4) is 0 Å². The monoisotopic (exact) mass is 128 g/mol. The quantitative estimate of drug-likeness (QED) is 0.575. The second kappa shape index (κ2) is 2.25. The smallest absolute Gasteiger partial charge is 0.314 e. The number of urea groups is 1. The van der Waals surface area contributed by atoms with Crippen LogP contribution in [0.25, 0.3) is 0 Å². The van der Waals surface area contributed by atoms with E-state index < -0.39 is 0 Å². The molecule has 0 radical (unpaired) electrons. The van der Waals surface area contributed by atoms with E-state index in [-0.39, 0.29) is 6.03 Å². The van der Waals surface area contributed by atoms with Gasteiger partial charge in [0.15, 0.2) is 0 Å². The maximum absolute atomic E-state index is 10.4. The van der Waals surface area contributed by atoms with E-state index >= 15 is 0 Å². The van der Waals surface area contributed by atoms with Gasteiger partial charge in [-0.25, -0.2) is 4.79 Å². The van der Waals surface area contributed by atoms with Crippen LogP contribution in [0.4, 0.5) is 4.79 Å². The molecule has 0 spiro atoms. The molecule has 2 N–H and O–H groups in total. The van der Waals surface area contributed by atoms with Gasteiger partial charge in [-0.15, -0.1) is 0 Å². The summed E-state index contributed by atoms with van der Waals surface area (Å²) in [5.41, 5.74) is 5.00. The average Bonchev–Trinajstić information content (AvgIpc) is 2.50. The minimum Gasteiger partial charge on any atom is -0.351 e. The summed E-state index contributed by atoms with van der Waals surface area (Å²) in [6.45, 7) is 0.843. The average molecular weight is 128 g/mol. The van der Waals surface area contributed by atoms with E-state index in [1.807, 2.05) is 0 Å². The van der Waals surface area contributed by atoms with Crippen LogP contribution in [-0.4, -0.2) is 24.5 Å². The Hall–Kier alpha value is -0.730. The molecule has 0 heterocycles. The first-order valence-corrected chi connectivity index (χ1v) is 3.20. The van der Waals surface area contributed by atoms with Crippen molar-refractivity contribution in [2.75, 3.05) is 13.6 Å². The highest BCUT2D eigenvalue weighted by Gasteiger charge is 2.23. The van der Waals surface area contributed by atoms with Crippen molar-refractivity contribution < 1.29 is 4.79 Å². The van der Waals surface area contributed by atoms with Crippen LogP contribution < -0.4 is 5.73 Å². The molecule has 0 aliphatic heterocycles. The zero-order chi connectivity index (χ0) is 6.85. The zero-order valence-electron chi connectivity index (χ0n) is 5.63. The summed E-state index contributed by atoms with van der Waals surface area (Å²) in [7, 11) is 1.74. The molecule has 9 heavy (non-hydrogen) atoms. The Morgan fingerprint density at radius 1 is 1.78 bits per heavy atom. The zero-order valence-corrected chi connectivity index (χ0v) is 5.63. The van der Waals surface area contributed by atoms with Crippen molar-refractivity contribution in [2.24, 2.45) is 11.7 Å². The van der Waals surface area contributed by atoms with Gasteiger partial charge in [0, 0.05) is 13.6 Å². The number of carbonyl (C=O) groups is 1. The Balaban J connectivity index is 2.16. The van der Waals surface area contributed by atoms with E-state index in [9.17, 15) is 4.79 Å². The Morgan fingerprint density at radius 3 is 2.67 bits per heavy atom. The Bertz CT molecular complexity index is 120. The van der Waals surface area contributed by atoms with E-state index in [1.165, 1.54) is 12.8 Å². The molecule has 0 aromatic rings. The van der Waals surface area contributed by atoms with Gasteiger partial charge in [0.1, 0.15) is 0 Å². The molecule has 0 atom stereocenters. The summed E-state index contributed by atoms with van der Waals surface area (Å²) in [5, 5.41) is 0. The van der Waals surface area contributed by atoms with Gasteiger partial charge in [-0.3, -0.25) is 0 Å².